The number of carbonyl (C=O) groups is 1. The molecule has 1 N–H and O–H groups in total. The monoisotopic (exact) mass is 517 g/mol. The van der Waals surface area contributed by atoms with Gasteiger partial charge in [0.2, 0.25) is 10.0 Å². The van der Waals surface area contributed by atoms with E-state index in [-0.39, 0.29) is 32.9 Å². The molecule has 5 rings (SSSR count). The Morgan fingerprint density at radius 1 is 0.971 bits per heavy atom. The highest BCUT2D eigenvalue weighted by atomic mass is 35.5. The first-order valence-electron chi connectivity index (χ1n) is 10.8. The highest BCUT2D eigenvalue weighted by molar-refractivity contribution is 7.89. The van der Waals surface area contributed by atoms with Gasteiger partial charge in [0.15, 0.2) is 0 Å². The summed E-state index contributed by atoms with van der Waals surface area (Å²) in [6.07, 6.45) is 0.868. The lowest BCUT2D eigenvalue weighted by Gasteiger charge is -2.42. The second-order valence-electron chi connectivity index (χ2n) is 8.62. The smallest absolute Gasteiger partial charge is 0.257 e. The quantitative estimate of drug-likeness (QED) is 0.561. The molecule has 34 heavy (non-hydrogen) atoms. The maximum atomic E-state index is 13.4. The predicted molar refractivity (Wildman–Crippen MR) is 131 cm³/mol. The van der Waals surface area contributed by atoms with Gasteiger partial charge in [-0.05, 0) is 60.9 Å². The summed E-state index contributed by atoms with van der Waals surface area (Å²) in [5.41, 5.74) is 1.51. The van der Waals surface area contributed by atoms with Crippen LogP contribution in [0.15, 0.2) is 70.4 Å². The van der Waals surface area contributed by atoms with Gasteiger partial charge in [-0.2, -0.15) is 4.31 Å². The Bertz CT molecular complexity index is 1440. The van der Waals surface area contributed by atoms with Gasteiger partial charge in [-0.25, -0.2) is 8.42 Å². The molecule has 0 radical (unpaired) electrons. The van der Waals surface area contributed by atoms with Gasteiger partial charge in [0.05, 0.1) is 15.5 Å². The highest BCUT2D eigenvalue weighted by Gasteiger charge is 2.39. The molecule has 3 heterocycles. The van der Waals surface area contributed by atoms with Crippen molar-refractivity contribution in [3.05, 3.63) is 92.3 Å². The SMILES string of the molecule is O=C(Nc1ccc(S(=O)(=O)N2CC3CC(C2)c2cccc(=O)n2C3)cc1)c1cc(Cl)ccc1Cl. The van der Waals surface area contributed by atoms with Crippen LogP contribution in [0.25, 0.3) is 0 Å². The molecular weight excluding hydrogens is 497 g/mol. The van der Waals surface area contributed by atoms with E-state index >= 15 is 0 Å². The van der Waals surface area contributed by atoms with E-state index in [1.807, 2.05) is 6.07 Å². The Balaban J connectivity index is 1.34. The molecule has 2 aliphatic rings. The largest absolute Gasteiger partial charge is 0.322 e. The van der Waals surface area contributed by atoms with Crippen LogP contribution in [0.3, 0.4) is 0 Å². The number of hydrogen-bond acceptors (Lipinski definition) is 4. The number of rotatable bonds is 4. The average molecular weight is 518 g/mol. The fraction of sp³-hybridized carbons (Fsp3) is 0.250. The van der Waals surface area contributed by atoms with E-state index in [9.17, 15) is 18.0 Å². The van der Waals surface area contributed by atoms with Gasteiger partial charge in [-0.3, -0.25) is 9.59 Å². The molecule has 10 heteroatoms. The molecule has 2 atom stereocenters. The van der Waals surface area contributed by atoms with E-state index in [0.717, 1.165) is 12.1 Å². The lowest BCUT2D eigenvalue weighted by molar-refractivity contribution is 0.102. The van der Waals surface area contributed by atoms with E-state index in [2.05, 4.69) is 5.32 Å². The Labute approximate surface area is 207 Å². The Morgan fingerprint density at radius 2 is 1.74 bits per heavy atom. The number of aromatic nitrogens is 1. The van der Waals surface area contributed by atoms with Crippen molar-refractivity contribution in [2.45, 2.75) is 23.8 Å². The third-order valence-corrected chi connectivity index (χ3v) is 8.78. The molecule has 2 aromatic carbocycles. The lowest BCUT2D eigenvalue weighted by atomic mass is 9.84. The summed E-state index contributed by atoms with van der Waals surface area (Å²) in [7, 11) is -3.73. The molecule has 2 unspecified atom stereocenters. The first-order chi connectivity index (χ1) is 16.2. The standard InChI is InChI=1S/C24H21Cl2N3O4S/c25-17-4-9-21(26)20(11-17)24(31)27-18-5-7-19(8-6-18)34(32,33)28-12-15-10-16(14-28)22-2-1-3-23(30)29(22)13-15/h1-9,11,15-16H,10,12-14H2,(H,27,31). The van der Waals surface area contributed by atoms with Crippen molar-refractivity contribution in [1.29, 1.82) is 0 Å². The molecule has 7 nitrogen and oxygen atoms in total. The van der Waals surface area contributed by atoms with Gasteiger partial charge < -0.3 is 9.88 Å². The van der Waals surface area contributed by atoms with Gasteiger partial charge in [0.1, 0.15) is 0 Å². The zero-order valence-electron chi connectivity index (χ0n) is 17.9. The number of benzene rings is 2. The normalized spacial score (nSPS) is 19.9. The second kappa shape index (κ2) is 8.85. The van der Waals surface area contributed by atoms with Crippen LogP contribution in [-0.2, 0) is 16.6 Å². The van der Waals surface area contributed by atoms with Gasteiger partial charge in [0, 0.05) is 48.0 Å². The van der Waals surface area contributed by atoms with Crippen molar-refractivity contribution < 1.29 is 13.2 Å². The molecule has 1 aromatic heterocycles. The summed E-state index contributed by atoms with van der Waals surface area (Å²) in [4.78, 5) is 24.9. The molecule has 2 bridgehead atoms. The number of nitrogens with one attached hydrogen (secondary N) is 1. The van der Waals surface area contributed by atoms with Gasteiger partial charge in [-0.1, -0.05) is 29.3 Å². The number of amides is 1. The maximum absolute atomic E-state index is 13.4. The fourth-order valence-electron chi connectivity index (χ4n) is 4.78. The van der Waals surface area contributed by atoms with Crippen LogP contribution in [-0.4, -0.2) is 36.3 Å². The van der Waals surface area contributed by atoms with Crippen LogP contribution in [0.5, 0.6) is 0 Å². The highest BCUT2D eigenvalue weighted by Crippen LogP contribution is 2.37. The number of anilines is 1. The molecule has 0 spiro atoms. The minimum atomic E-state index is -3.73. The van der Waals surface area contributed by atoms with E-state index in [1.54, 1.807) is 34.9 Å². The number of nitrogens with zero attached hydrogens (tertiary/aromatic N) is 2. The van der Waals surface area contributed by atoms with Gasteiger partial charge in [0.25, 0.3) is 11.5 Å². The average Bonchev–Trinajstić information content (AvgIpc) is 2.81. The van der Waals surface area contributed by atoms with Crippen molar-refractivity contribution in [1.82, 2.24) is 8.87 Å². The number of halogens is 2. The van der Waals surface area contributed by atoms with Crippen molar-refractivity contribution in [3.8, 4) is 0 Å². The maximum Gasteiger partial charge on any atom is 0.257 e. The van der Waals surface area contributed by atoms with Gasteiger partial charge in [-0.15, -0.1) is 0 Å². The third kappa shape index (κ3) is 4.27. The lowest BCUT2D eigenvalue weighted by Crippen LogP contribution is -2.48. The van der Waals surface area contributed by atoms with E-state index in [0.29, 0.717) is 30.3 Å². The first-order valence-corrected chi connectivity index (χ1v) is 13.0. The molecule has 0 aliphatic carbocycles. The Hall–Kier alpha value is -2.65. The summed E-state index contributed by atoms with van der Waals surface area (Å²) in [6, 6.07) is 15.8. The minimum Gasteiger partial charge on any atom is -0.322 e. The molecule has 1 fully saturated rings. The van der Waals surface area contributed by atoms with Crippen molar-refractivity contribution >= 4 is 44.8 Å². The molecular formula is C24H21Cl2N3O4S. The summed E-state index contributed by atoms with van der Waals surface area (Å²) in [5, 5.41) is 3.36. The fourth-order valence-corrected chi connectivity index (χ4v) is 6.71. The minimum absolute atomic E-state index is 0.0165. The van der Waals surface area contributed by atoms with Crippen LogP contribution in [0.2, 0.25) is 10.0 Å². The van der Waals surface area contributed by atoms with Crippen molar-refractivity contribution in [3.63, 3.8) is 0 Å². The van der Waals surface area contributed by atoms with E-state index in [1.165, 1.54) is 28.6 Å². The third-order valence-electron chi connectivity index (χ3n) is 6.37. The zero-order chi connectivity index (χ0) is 24.0. The summed E-state index contributed by atoms with van der Waals surface area (Å²) < 4.78 is 30.0. The van der Waals surface area contributed by atoms with E-state index < -0.39 is 15.9 Å². The molecule has 2 aliphatic heterocycles. The van der Waals surface area contributed by atoms with Crippen molar-refractivity contribution in [2.24, 2.45) is 5.92 Å². The van der Waals surface area contributed by atoms with Crippen LogP contribution in [0.4, 0.5) is 5.69 Å². The summed E-state index contributed by atoms with van der Waals surface area (Å²) >= 11 is 12.0. The number of pyridine rings is 1. The molecule has 3 aromatic rings. The number of sulfonamides is 1. The first kappa shape index (κ1) is 23.1. The number of carbonyl (C=O) groups excluding carboxylic acids is 1. The van der Waals surface area contributed by atoms with Crippen LogP contribution < -0.4 is 10.9 Å². The molecule has 1 saturated heterocycles. The van der Waals surface area contributed by atoms with Crippen LogP contribution in [0, 0.1) is 5.92 Å². The Kier molecular flexibility index (Phi) is 6.02. The number of piperidine rings is 1. The number of hydrogen-bond donors (Lipinski definition) is 1. The van der Waals surface area contributed by atoms with Crippen molar-refractivity contribution in [2.75, 3.05) is 18.4 Å². The second-order valence-corrected chi connectivity index (χ2v) is 11.4. The molecule has 1 amide bonds. The summed E-state index contributed by atoms with van der Waals surface area (Å²) in [6.45, 7) is 1.22. The van der Waals surface area contributed by atoms with Gasteiger partial charge >= 0.3 is 0 Å². The van der Waals surface area contributed by atoms with E-state index in [4.69, 9.17) is 23.2 Å². The number of fused-ring (bicyclic) bond motifs is 4. The Morgan fingerprint density at radius 3 is 2.50 bits per heavy atom. The van der Waals surface area contributed by atoms with Crippen LogP contribution >= 0.6 is 23.2 Å². The molecule has 0 saturated carbocycles. The topological polar surface area (TPSA) is 88.5 Å². The zero-order valence-corrected chi connectivity index (χ0v) is 20.3. The summed E-state index contributed by atoms with van der Waals surface area (Å²) in [5.74, 6) is -0.375. The molecule has 176 valence electrons. The van der Waals surface area contributed by atoms with Crippen LogP contribution in [0.1, 0.15) is 28.4 Å². The predicted octanol–water partition coefficient (Wildman–Crippen LogP) is 4.22.